The lowest BCUT2D eigenvalue weighted by molar-refractivity contribution is 0.140. The Labute approximate surface area is 74.1 Å². The quantitative estimate of drug-likeness (QED) is 0.647. The summed E-state index contributed by atoms with van der Waals surface area (Å²) >= 11 is 0. The molecule has 1 fully saturated rings. The maximum Gasteiger partial charge on any atom is 0.0906 e. The van der Waals surface area contributed by atoms with Crippen molar-refractivity contribution in [3.63, 3.8) is 0 Å². The molecule has 12 heavy (non-hydrogen) atoms. The molecule has 0 unspecified atom stereocenters. The summed E-state index contributed by atoms with van der Waals surface area (Å²) in [6.45, 7) is 6.22. The number of rotatable bonds is 6. The highest BCUT2D eigenvalue weighted by atomic mass is 19.1. The van der Waals surface area contributed by atoms with Crippen LogP contribution >= 0.6 is 0 Å². The summed E-state index contributed by atoms with van der Waals surface area (Å²) in [5.41, 5.74) is 0. The number of halogens is 1. The van der Waals surface area contributed by atoms with Crippen molar-refractivity contribution in [3.05, 3.63) is 0 Å². The summed E-state index contributed by atoms with van der Waals surface area (Å²) in [6, 6.07) is 0.677. The first-order chi connectivity index (χ1) is 5.88. The van der Waals surface area contributed by atoms with Gasteiger partial charge in [-0.15, -0.1) is 0 Å². The van der Waals surface area contributed by atoms with Crippen LogP contribution in [0.1, 0.15) is 19.8 Å². The molecule has 0 atom stereocenters. The van der Waals surface area contributed by atoms with Crippen molar-refractivity contribution in [1.82, 2.24) is 10.2 Å². The van der Waals surface area contributed by atoms with Crippen molar-refractivity contribution in [1.29, 1.82) is 0 Å². The summed E-state index contributed by atoms with van der Waals surface area (Å²) in [5, 5.41) is 3.24. The van der Waals surface area contributed by atoms with Crippen molar-refractivity contribution in [2.75, 3.05) is 32.9 Å². The lowest BCUT2D eigenvalue weighted by Gasteiger charge is -2.38. The Morgan fingerprint density at radius 3 is 2.58 bits per heavy atom. The highest BCUT2D eigenvalue weighted by Gasteiger charge is 2.22. The van der Waals surface area contributed by atoms with E-state index in [4.69, 9.17) is 0 Å². The van der Waals surface area contributed by atoms with Crippen LogP contribution in [0.15, 0.2) is 0 Å². The van der Waals surface area contributed by atoms with E-state index in [1.807, 2.05) is 0 Å². The predicted molar refractivity (Wildman–Crippen MR) is 49.1 cm³/mol. The average Bonchev–Trinajstić information content (AvgIpc) is 1.97. The summed E-state index contributed by atoms with van der Waals surface area (Å²) < 4.78 is 11.9. The Kier molecular flexibility index (Phi) is 4.54. The molecule has 0 aliphatic carbocycles. The smallest absolute Gasteiger partial charge is 0.0906 e. The molecular weight excluding hydrogens is 155 g/mol. The zero-order valence-corrected chi connectivity index (χ0v) is 7.85. The van der Waals surface area contributed by atoms with Crippen LogP contribution in [-0.2, 0) is 0 Å². The average molecular weight is 174 g/mol. The van der Waals surface area contributed by atoms with Gasteiger partial charge in [-0.25, -0.2) is 0 Å². The Morgan fingerprint density at radius 2 is 2.17 bits per heavy atom. The van der Waals surface area contributed by atoms with Gasteiger partial charge in [-0.3, -0.25) is 9.29 Å². The fourth-order valence-corrected chi connectivity index (χ4v) is 1.56. The lowest BCUT2D eigenvalue weighted by Crippen LogP contribution is -2.57. The summed E-state index contributed by atoms with van der Waals surface area (Å²) in [6.07, 6.45) is 1.86. The molecular formula is C9H19FN2. The molecule has 0 aromatic heterocycles. The fraction of sp³-hybridized carbons (Fsp3) is 1.00. The van der Waals surface area contributed by atoms with Crippen LogP contribution in [0, 0.1) is 0 Å². The molecule has 1 aliphatic rings. The van der Waals surface area contributed by atoms with Crippen LogP contribution in [0.3, 0.4) is 0 Å². The van der Waals surface area contributed by atoms with Crippen LogP contribution in [0.2, 0.25) is 0 Å². The molecule has 1 saturated heterocycles. The molecule has 1 rings (SSSR count). The minimum absolute atomic E-state index is 0.180. The standard InChI is InChI=1S/C9H19FN2/c1-2-5-12(6-3-4-10)9-7-11-8-9/h9,11H,2-8H2,1H3. The Balaban J connectivity index is 2.17. The van der Waals surface area contributed by atoms with Gasteiger partial charge in [-0.05, 0) is 19.4 Å². The first kappa shape index (κ1) is 9.93. The number of hydrogen-bond acceptors (Lipinski definition) is 2. The second kappa shape index (κ2) is 5.49. The molecule has 0 aromatic carbocycles. The molecule has 3 heteroatoms. The first-order valence-electron chi connectivity index (χ1n) is 4.89. The van der Waals surface area contributed by atoms with Gasteiger partial charge in [0.2, 0.25) is 0 Å². The molecule has 1 heterocycles. The van der Waals surface area contributed by atoms with E-state index in [0.717, 1.165) is 26.2 Å². The molecule has 0 amide bonds. The SMILES string of the molecule is CCCN(CCCF)C1CNC1. The summed E-state index contributed by atoms with van der Waals surface area (Å²) in [7, 11) is 0. The zero-order valence-electron chi connectivity index (χ0n) is 7.85. The second-order valence-corrected chi connectivity index (χ2v) is 3.39. The third-order valence-electron chi connectivity index (χ3n) is 2.37. The normalized spacial score (nSPS) is 18.2. The van der Waals surface area contributed by atoms with Crippen molar-refractivity contribution in [3.8, 4) is 0 Å². The lowest BCUT2D eigenvalue weighted by atomic mass is 10.1. The fourth-order valence-electron chi connectivity index (χ4n) is 1.56. The van der Waals surface area contributed by atoms with Gasteiger partial charge in [0, 0.05) is 25.7 Å². The van der Waals surface area contributed by atoms with E-state index in [1.165, 1.54) is 6.42 Å². The third kappa shape index (κ3) is 2.72. The number of nitrogens with one attached hydrogen (secondary N) is 1. The highest BCUT2D eigenvalue weighted by Crippen LogP contribution is 2.06. The second-order valence-electron chi connectivity index (χ2n) is 3.39. The van der Waals surface area contributed by atoms with Gasteiger partial charge in [0.05, 0.1) is 6.67 Å². The van der Waals surface area contributed by atoms with E-state index in [-0.39, 0.29) is 6.67 Å². The van der Waals surface area contributed by atoms with Crippen LogP contribution in [0.25, 0.3) is 0 Å². The molecule has 1 N–H and O–H groups in total. The number of hydrogen-bond donors (Lipinski definition) is 1. The van der Waals surface area contributed by atoms with Crippen molar-refractivity contribution in [2.24, 2.45) is 0 Å². The molecule has 1 aliphatic heterocycles. The monoisotopic (exact) mass is 174 g/mol. The van der Waals surface area contributed by atoms with Crippen LogP contribution in [-0.4, -0.2) is 43.8 Å². The number of nitrogens with zero attached hydrogens (tertiary/aromatic N) is 1. The molecule has 0 saturated carbocycles. The Hall–Kier alpha value is -0.150. The van der Waals surface area contributed by atoms with Gasteiger partial charge >= 0.3 is 0 Å². The minimum atomic E-state index is -0.180. The van der Waals surface area contributed by atoms with Crippen molar-refractivity contribution >= 4 is 0 Å². The van der Waals surface area contributed by atoms with E-state index in [0.29, 0.717) is 12.5 Å². The maximum absolute atomic E-state index is 11.9. The molecule has 0 spiro atoms. The summed E-state index contributed by atoms with van der Waals surface area (Å²) in [4.78, 5) is 2.40. The first-order valence-corrected chi connectivity index (χ1v) is 4.89. The molecule has 0 aromatic rings. The Bertz CT molecular complexity index is 115. The van der Waals surface area contributed by atoms with E-state index in [9.17, 15) is 4.39 Å². The van der Waals surface area contributed by atoms with E-state index in [2.05, 4.69) is 17.1 Å². The molecule has 0 radical (unpaired) electrons. The summed E-state index contributed by atoms with van der Waals surface area (Å²) in [5.74, 6) is 0. The van der Waals surface area contributed by atoms with Gasteiger partial charge in [0.25, 0.3) is 0 Å². The van der Waals surface area contributed by atoms with Crippen LogP contribution in [0.4, 0.5) is 4.39 Å². The third-order valence-corrected chi connectivity index (χ3v) is 2.37. The van der Waals surface area contributed by atoms with E-state index in [1.54, 1.807) is 0 Å². The van der Waals surface area contributed by atoms with Crippen LogP contribution in [0.5, 0.6) is 0 Å². The molecule has 0 bridgehead atoms. The number of alkyl halides is 1. The maximum atomic E-state index is 11.9. The minimum Gasteiger partial charge on any atom is -0.314 e. The zero-order chi connectivity index (χ0) is 8.81. The van der Waals surface area contributed by atoms with Gasteiger partial charge in [0.15, 0.2) is 0 Å². The van der Waals surface area contributed by atoms with Crippen molar-refractivity contribution < 1.29 is 4.39 Å². The predicted octanol–water partition coefficient (Wildman–Crippen LogP) is 1.03. The topological polar surface area (TPSA) is 15.3 Å². The van der Waals surface area contributed by atoms with Crippen LogP contribution < -0.4 is 5.32 Å². The van der Waals surface area contributed by atoms with E-state index >= 15 is 0 Å². The van der Waals surface area contributed by atoms with Gasteiger partial charge in [0.1, 0.15) is 0 Å². The van der Waals surface area contributed by atoms with Crippen molar-refractivity contribution in [2.45, 2.75) is 25.8 Å². The molecule has 2 nitrogen and oxygen atoms in total. The highest BCUT2D eigenvalue weighted by molar-refractivity contribution is 4.84. The Morgan fingerprint density at radius 1 is 1.42 bits per heavy atom. The van der Waals surface area contributed by atoms with Gasteiger partial charge < -0.3 is 5.32 Å². The largest absolute Gasteiger partial charge is 0.314 e. The van der Waals surface area contributed by atoms with Gasteiger partial charge in [-0.2, -0.15) is 0 Å². The van der Waals surface area contributed by atoms with Gasteiger partial charge in [-0.1, -0.05) is 6.92 Å². The molecule has 72 valence electrons. The van der Waals surface area contributed by atoms with E-state index < -0.39 is 0 Å².